The Labute approximate surface area is 172 Å². The number of hydrogen-bond acceptors (Lipinski definition) is 2. The third kappa shape index (κ3) is 4.78. The van der Waals surface area contributed by atoms with E-state index in [4.69, 9.17) is 0 Å². The van der Waals surface area contributed by atoms with Gasteiger partial charge in [-0.2, -0.15) is 0 Å². The predicted octanol–water partition coefficient (Wildman–Crippen LogP) is 3.76. The number of anilines is 1. The molecule has 0 bridgehead atoms. The van der Waals surface area contributed by atoms with Crippen LogP contribution in [0.15, 0.2) is 54.6 Å². The Morgan fingerprint density at radius 2 is 1.72 bits per heavy atom. The molecule has 2 aromatic carbocycles. The van der Waals surface area contributed by atoms with Gasteiger partial charge in [0.05, 0.1) is 6.04 Å². The molecule has 2 fully saturated rings. The lowest BCUT2D eigenvalue weighted by Crippen LogP contribution is -2.48. The van der Waals surface area contributed by atoms with Gasteiger partial charge in [-0.25, -0.2) is 4.79 Å². The van der Waals surface area contributed by atoms with Crippen LogP contribution < -0.4 is 10.2 Å². The van der Waals surface area contributed by atoms with Gasteiger partial charge >= 0.3 is 6.03 Å². The van der Waals surface area contributed by atoms with Crippen molar-refractivity contribution < 1.29 is 9.59 Å². The summed E-state index contributed by atoms with van der Waals surface area (Å²) in [5, 5.41) is 3.08. The van der Waals surface area contributed by atoms with Crippen LogP contribution in [0.1, 0.15) is 30.4 Å². The van der Waals surface area contributed by atoms with Gasteiger partial charge in [0, 0.05) is 31.7 Å². The van der Waals surface area contributed by atoms with Crippen LogP contribution in [0.3, 0.4) is 0 Å². The van der Waals surface area contributed by atoms with E-state index in [1.807, 2.05) is 42.2 Å². The van der Waals surface area contributed by atoms with E-state index in [1.165, 1.54) is 11.1 Å². The van der Waals surface area contributed by atoms with Gasteiger partial charge < -0.3 is 15.1 Å². The van der Waals surface area contributed by atoms with E-state index < -0.39 is 0 Å². The minimum absolute atomic E-state index is 0.0354. The number of amides is 3. The summed E-state index contributed by atoms with van der Waals surface area (Å²) in [4.78, 5) is 28.8. The highest BCUT2D eigenvalue weighted by Gasteiger charge is 2.33. The topological polar surface area (TPSA) is 52.7 Å². The van der Waals surface area contributed by atoms with Crippen molar-refractivity contribution >= 4 is 17.6 Å². The molecule has 1 atom stereocenters. The number of rotatable bonds is 4. The zero-order valence-corrected chi connectivity index (χ0v) is 17.0. The molecule has 2 aliphatic rings. The monoisotopic (exact) mass is 391 g/mol. The van der Waals surface area contributed by atoms with Gasteiger partial charge in [-0.1, -0.05) is 48.0 Å². The van der Waals surface area contributed by atoms with Crippen LogP contribution in [0.2, 0.25) is 0 Å². The van der Waals surface area contributed by atoms with Crippen molar-refractivity contribution in [2.24, 2.45) is 5.92 Å². The van der Waals surface area contributed by atoms with Crippen LogP contribution >= 0.6 is 0 Å². The molecule has 5 nitrogen and oxygen atoms in total. The second kappa shape index (κ2) is 8.68. The van der Waals surface area contributed by atoms with Crippen molar-refractivity contribution in [2.45, 2.75) is 38.6 Å². The Morgan fingerprint density at radius 3 is 2.41 bits per heavy atom. The second-order valence-electron chi connectivity index (χ2n) is 8.31. The molecule has 5 heteroatoms. The SMILES string of the molecule is Cc1ccc(N2C[C@H](NC(=O)N3CCC(Cc4ccccc4)CC3)CC2=O)cc1. The average molecular weight is 392 g/mol. The number of benzene rings is 2. The Bertz CT molecular complexity index is 842. The summed E-state index contributed by atoms with van der Waals surface area (Å²) in [5.41, 5.74) is 3.44. The largest absolute Gasteiger partial charge is 0.333 e. The van der Waals surface area contributed by atoms with Gasteiger partial charge in [0.25, 0.3) is 0 Å². The first-order valence-corrected chi connectivity index (χ1v) is 10.5. The molecule has 4 rings (SSSR count). The van der Waals surface area contributed by atoms with Crippen LogP contribution in [0, 0.1) is 12.8 Å². The molecule has 2 aromatic rings. The molecule has 0 unspecified atom stereocenters. The molecule has 2 heterocycles. The lowest BCUT2D eigenvalue weighted by atomic mass is 9.90. The molecule has 0 spiro atoms. The Balaban J connectivity index is 1.26. The van der Waals surface area contributed by atoms with Crippen molar-refractivity contribution in [3.8, 4) is 0 Å². The average Bonchev–Trinajstić information content (AvgIpc) is 3.10. The first-order chi connectivity index (χ1) is 14.1. The molecule has 3 amide bonds. The molecule has 2 saturated heterocycles. The number of likely N-dealkylation sites (tertiary alicyclic amines) is 1. The summed E-state index contributed by atoms with van der Waals surface area (Å²) in [6.07, 6.45) is 3.51. The van der Waals surface area contributed by atoms with Gasteiger partial charge in [-0.3, -0.25) is 4.79 Å². The smallest absolute Gasteiger partial charge is 0.317 e. The molecular formula is C24H29N3O2. The molecule has 0 radical (unpaired) electrons. The lowest BCUT2D eigenvalue weighted by Gasteiger charge is -2.33. The van der Waals surface area contributed by atoms with Crippen LogP contribution in [-0.4, -0.2) is 42.5 Å². The quantitative estimate of drug-likeness (QED) is 0.863. The fraction of sp³-hybridized carbons (Fsp3) is 0.417. The maximum atomic E-state index is 12.7. The summed E-state index contributed by atoms with van der Waals surface area (Å²) in [7, 11) is 0. The summed E-state index contributed by atoms with van der Waals surface area (Å²) < 4.78 is 0. The van der Waals surface area contributed by atoms with E-state index >= 15 is 0 Å². The lowest BCUT2D eigenvalue weighted by molar-refractivity contribution is -0.117. The highest BCUT2D eigenvalue weighted by molar-refractivity contribution is 5.96. The first-order valence-electron chi connectivity index (χ1n) is 10.5. The molecule has 2 aliphatic heterocycles. The summed E-state index contributed by atoms with van der Waals surface area (Å²) in [5.74, 6) is 0.701. The highest BCUT2D eigenvalue weighted by atomic mass is 16.2. The van der Waals surface area contributed by atoms with Gasteiger partial charge in [-0.05, 0) is 49.8 Å². The van der Waals surface area contributed by atoms with Crippen LogP contribution in [0.5, 0.6) is 0 Å². The zero-order chi connectivity index (χ0) is 20.2. The third-order valence-corrected chi connectivity index (χ3v) is 6.07. The van der Waals surface area contributed by atoms with E-state index in [0.717, 1.165) is 38.0 Å². The van der Waals surface area contributed by atoms with Gasteiger partial charge in [0.15, 0.2) is 0 Å². The number of carbonyl (C=O) groups is 2. The summed E-state index contributed by atoms with van der Waals surface area (Å²) in [6.45, 7) is 4.14. The summed E-state index contributed by atoms with van der Waals surface area (Å²) in [6, 6.07) is 18.4. The number of nitrogens with zero attached hydrogens (tertiary/aromatic N) is 2. The minimum Gasteiger partial charge on any atom is -0.333 e. The molecule has 0 aliphatic carbocycles. The number of urea groups is 1. The third-order valence-electron chi connectivity index (χ3n) is 6.07. The van der Waals surface area contributed by atoms with E-state index in [2.05, 4.69) is 29.6 Å². The Hall–Kier alpha value is -2.82. The van der Waals surface area contributed by atoms with Crippen LogP contribution in [0.25, 0.3) is 0 Å². The van der Waals surface area contributed by atoms with Crippen molar-refractivity contribution in [1.82, 2.24) is 10.2 Å². The van der Waals surface area contributed by atoms with E-state index in [1.54, 1.807) is 4.90 Å². The van der Waals surface area contributed by atoms with Gasteiger partial charge in [0.1, 0.15) is 0 Å². The number of nitrogens with one attached hydrogen (secondary N) is 1. The first kappa shape index (κ1) is 19.5. The maximum Gasteiger partial charge on any atom is 0.317 e. The number of carbonyl (C=O) groups excluding carboxylic acids is 2. The Morgan fingerprint density at radius 1 is 1.03 bits per heavy atom. The number of aryl methyl sites for hydroxylation is 1. The van der Waals surface area contributed by atoms with Gasteiger partial charge in [-0.15, -0.1) is 0 Å². The van der Waals surface area contributed by atoms with Crippen LogP contribution in [0.4, 0.5) is 10.5 Å². The fourth-order valence-corrected chi connectivity index (χ4v) is 4.33. The normalized spacial score (nSPS) is 20.2. The van der Waals surface area contributed by atoms with Crippen molar-refractivity contribution in [3.05, 3.63) is 65.7 Å². The second-order valence-corrected chi connectivity index (χ2v) is 8.31. The molecule has 1 N–H and O–H groups in total. The molecular weight excluding hydrogens is 362 g/mol. The van der Waals surface area contributed by atoms with Gasteiger partial charge in [0.2, 0.25) is 5.91 Å². The van der Waals surface area contributed by atoms with E-state index in [-0.39, 0.29) is 18.0 Å². The summed E-state index contributed by atoms with van der Waals surface area (Å²) >= 11 is 0. The molecule has 29 heavy (non-hydrogen) atoms. The van der Waals surface area contributed by atoms with Crippen LogP contribution in [-0.2, 0) is 11.2 Å². The standard InChI is InChI=1S/C24H29N3O2/c1-18-7-9-22(10-8-18)27-17-21(16-23(27)28)25-24(29)26-13-11-20(12-14-26)15-19-5-3-2-4-6-19/h2-10,20-21H,11-17H2,1H3,(H,25,29)/t21-/m1/s1. The highest BCUT2D eigenvalue weighted by Crippen LogP contribution is 2.24. The van der Waals surface area contributed by atoms with E-state index in [0.29, 0.717) is 18.9 Å². The molecule has 0 aromatic heterocycles. The Kier molecular flexibility index (Phi) is 5.84. The fourth-order valence-electron chi connectivity index (χ4n) is 4.33. The molecule has 0 saturated carbocycles. The minimum atomic E-state index is -0.127. The van der Waals surface area contributed by atoms with E-state index in [9.17, 15) is 9.59 Å². The van der Waals surface area contributed by atoms with Crippen molar-refractivity contribution in [2.75, 3.05) is 24.5 Å². The molecule has 152 valence electrons. The number of piperidine rings is 1. The predicted molar refractivity (Wildman–Crippen MR) is 115 cm³/mol. The zero-order valence-electron chi connectivity index (χ0n) is 17.0. The van der Waals surface area contributed by atoms with Crippen molar-refractivity contribution in [3.63, 3.8) is 0 Å². The number of hydrogen-bond donors (Lipinski definition) is 1. The maximum absolute atomic E-state index is 12.7. The van der Waals surface area contributed by atoms with Crippen molar-refractivity contribution in [1.29, 1.82) is 0 Å².